The SMILES string of the molecule is CC(C)(C)[C@H]1COC(=C2C=CC=C2I)N1. The molecule has 0 aromatic heterocycles. The van der Waals surface area contributed by atoms with Crippen LogP contribution in [-0.2, 0) is 4.74 Å². The van der Waals surface area contributed by atoms with Crippen LogP contribution in [0.4, 0.5) is 0 Å². The van der Waals surface area contributed by atoms with Crippen molar-refractivity contribution in [2.24, 2.45) is 5.41 Å². The Bertz CT molecular complexity index is 360. The maximum Gasteiger partial charge on any atom is 0.195 e. The fourth-order valence-electron chi connectivity index (χ4n) is 1.61. The monoisotopic (exact) mass is 317 g/mol. The summed E-state index contributed by atoms with van der Waals surface area (Å²) in [7, 11) is 0. The quantitative estimate of drug-likeness (QED) is 0.693. The van der Waals surface area contributed by atoms with Crippen LogP contribution in [0.2, 0.25) is 0 Å². The third-order valence-corrected chi connectivity index (χ3v) is 3.69. The standard InChI is InChI=1S/C12H16INO/c1-12(2,3)10-7-15-11(14-10)8-5-4-6-9(8)13/h4-6,10,14H,7H2,1-3H3/t10-/m1/s1. The van der Waals surface area contributed by atoms with E-state index in [0.717, 1.165) is 12.5 Å². The highest BCUT2D eigenvalue weighted by molar-refractivity contribution is 14.1. The Morgan fingerprint density at radius 3 is 2.67 bits per heavy atom. The molecule has 1 N–H and O–H groups in total. The smallest absolute Gasteiger partial charge is 0.195 e. The van der Waals surface area contributed by atoms with Crippen molar-refractivity contribution in [2.45, 2.75) is 26.8 Å². The Morgan fingerprint density at radius 1 is 1.47 bits per heavy atom. The van der Waals surface area contributed by atoms with Crippen molar-refractivity contribution < 1.29 is 4.74 Å². The molecule has 1 heterocycles. The number of nitrogens with one attached hydrogen (secondary N) is 1. The van der Waals surface area contributed by atoms with E-state index in [2.05, 4.69) is 66.9 Å². The molecule has 1 saturated heterocycles. The molecule has 1 atom stereocenters. The van der Waals surface area contributed by atoms with E-state index in [0.29, 0.717) is 6.04 Å². The molecule has 1 aliphatic carbocycles. The zero-order valence-corrected chi connectivity index (χ0v) is 11.5. The van der Waals surface area contributed by atoms with Crippen molar-refractivity contribution >= 4 is 22.6 Å². The predicted molar refractivity (Wildman–Crippen MR) is 70.6 cm³/mol. The second-order valence-corrected chi connectivity index (χ2v) is 6.15. The van der Waals surface area contributed by atoms with Gasteiger partial charge in [0.1, 0.15) is 6.61 Å². The minimum atomic E-state index is 0.236. The molecule has 2 rings (SSSR count). The van der Waals surface area contributed by atoms with E-state index in [9.17, 15) is 0 Å². The van der Waals surface area contributed by atoms with E-state index >= 15 is 0 Å². The third kappa shape index (κ3) is 2.22. The maximum atomic E-state index is 5.72. The Kier molecular flexibility index (Phi) is 2.83. The average Bonchev–Trinajstić information content (AvgIpc) is 2.69. The first-order valence-electron chi connectivity index (χ1n) is 5.16. The van der Waals surface area contributed by atoms with Crippen molar-refractivity contribution in [2.75, 3.05) is 6.61 Å². The highest BCUT2D eigenvalue weighted by atomic mass is 127. The summed E-state index contributed by atoms with van der Waals surface area (Å²) in [5.41, 5.74) is 1.42. The van der Waals surface area contributed by atoms with Crippen molar-refractivity contribution in [3.8, 4) is 0 Å². The van der Waals surface area contributed by atoms with Gasteiger partial charge in [0.2, 0.25) is 0 Å². The summed E-state index contributed by atoms with van der Waals surface area (Å²) in [6.07, 6.45) is 6.24. The molecule has 0 spiro atoms. The van der Waals surface area contributed by atoms with Crippen LogP contribution in [0, 0.1) is 5.41 Å². The second kappa shape index (κ2) is 3.85. The Morgan fingerprint density at radius 2 is 2.20 bits per heavy atom. The first-order chi connectivity index (χ1) is 6.98. The van der Waals surface area contributed by atoms with E-state index in [1.54, 1.807) is 0 Å². The molecule has 15 heavy (non-hydrogen) atoms. The number of ether oxygens (including phenoxy) is 1. The molecule has 0 bridgehead atoms. The van der Waals surface area contributed by atoms with Crippen LogP contribution in [-0.4, -0.2) is 12.6 Å². The first kappa shape index (κ1) is 11.0. The number of allylic oxidation sites excluding steroid dienone is 5. The summed E-state index contributed by atoms with van der Waals surface area (Å²) < 4.78 is 6.96. The number of rotatable bonds is 0. The van der Waals surface area contributed by atoms with Gasteiger partial charge in [-0.3, -0.25) is 0 Å². The zero-order valence-electron chi connectivity index (χ0n) is 9.30. The van der Waals surface area contributed by atoms with Crippen LogP contribution in [0.1, 0.15) is 20.8 Å². The zero-order chi connectivity index (χ0) is 11.1. The fourth-order valence-corrected chi connectivity index (χ4v) is 2.24. The van der Waals surface area contributed by atoms with Crippen molar-refractivity contribution in [1.82, 2.24) is 5.32 Å². The van der Waals surface area contributed by atoms with E-state index < -0.39 is 0 Å². The van der Waals surface area contributed by atoms with Crippen LogP contribution in [0.5, 0.6) is 0 Å². The summed E-state index contributed by atoms with van der Waals surface area (Å²) in [4.78, 5) is 0. The summed E-state index contributed by atoms with van der Waals surface area (Å²) in [5.74, 6) is 0.935. The fraction of sp³-hybridized carbons (Fsp3) is 0.500. The molecule has 0 amide bonds. The van der Waals surface area contributed by atoms with Gasteiger partial charge in [-0.05, 0) is 40.2 Å². The Hall–Kier alpha value is -0.450. The molecule has 2 nitrogen and oxygen atoms in total. The highest BCUT2D eigenvalue weighted by Crippen LogP contribution is 2.31. The molecule has 0 aromatic rings. The van der Waals surface area contributed by atoms with Gasteiger partial charge in [0.05, 0.1) is 6.04 Å². The summed E-state index contributed by atoms with van der Waals surface area (Å²) in [6, 6.07) is 0.401. The van der Waals surface area contributed by atoms with Gasteiger partial charge in [-0.25, -0.2) is 0 Å². The van der Waals surface area contributed by atoms with E-state index in [-0.39, 0.29) is 5.41 Å². The lowest BCUT2D eigenvalue weighted by molar-refractivity contribution is 0.214. The molecule has 1 fully saturated rings. The summed E-state index contributed by atoms with van der Waals surface area (Å²) in [5, 5.41) is 3.46. The molecule has 0 radical (unpaired) electrons. The van der Waals surface area contributed by atoms with Crippen LogP contribution in [0.15, 0.2) is 33.3 Å². The van der Waals surface area contributed by atoms with Crippen molar-refractivity contribution in [3.63, 3.8) is 0 Å². The van der Waals surface area contributed by atoms with Gasteiger partial charge in [-0.2, -0.15) is 0 Å². The predicted octanol–water partition coefficient (Wildman–Crippen LogP) is 3.12. The van der Waals surface area contributed by atoms with Gasteiger partial charge < -0.3 is 10.1 Å². The topological polar surface area (TPSA) is 21.3 Å². The van der Waals surface area contributed by atoms with Gasteiger partial charge in [-0.15, -0.1) is 0 Å². The molecule has 0 aromatic carbocycles. The van der Waals surface area contributed by atoms with Crippen LogP contribution in [0.25, 0.3) is 0 Å². The third-order valence-electron chi connectivity index (χ3n) is 2.75. The van der Waals surface area contributed by atoms with Crippen LogP contribution < -0.4 is 5.32 Å². The number of hydrogen-bond donors (Lipinski definition) is 1. The maximum absolute atomic E-state index is 5.72. The number of halogens is 1. The molecule has 3 heteroatoms. The second-order valence-electron chi connectivity index (χ2n) is 4.99. The molecule has 2 aliphatic rings. The minimum Gasteiger partial charge on any atom is -0.477 e. The van der Waals surface area contributed by atoms with Crippen molar-refractivity contribution in [3.05, 3.63) is 33.3 Å². The van der Waals surface area contributed by atoms with Crippen LogP contribution >= 0.6 is 22.6 Å². The molecule has 82 valence electrons. The van der Waals surface area contributed by atoms with Crippen LogP contribution in [0.3, 0.4) is 0 Å². The molecular formula is C12H16INO. The highest BCUT2D eigenvalue weighted by Gasteiger charge is 2.32. The van der Waals surface area contributed by atoms with E-state index in [1.807, 2.05) is 0 Å². The van der Waals surface area contributed by atoms with Crippen molar-refractivity contribution in [1.29, 1.82) is 0 Å². The van der Waals surface area contributed by atoms with Gasteiger partial charge >= 0.3 is 0 Å². The normalized spacial score (nSPS) is 30.1. The first-order valence-corrected chi connectivity index (χ1v) is 6.24. The average molecular weight is 317 g/mol. The summed E-state index contributed by atoms with van der Waals surface area (Å²) >= 11 is 2.33. The lowest BCUT2D eigenvalue weighted by Crippen LogP contribution is -2.36. The van der Waals surface area contributed by atoms with E-state index in [1.165, 1.54) is 9.15 Å². The Balaban J connectivity index is 2.17. The minimum absolute atomic E-state index is 0.236. The van der Waals surface area contributed by atoms with E-state index in [4.69, 9.17) is 4.74 Å². The van der Waals surface area contributed by atoms with Gasteiger partial charge in [0, 0.05) is 9.15 Å². The molecule has 0 unspecified atom stereocenters. The number of hydrogen-bond acceptors (Lipinski definition) is 2. The lowest BCUT2D eigenvalue weighted by Gasteiger charge is -2.24. The largest absolute Gasteiger partial charge is 0.477 e. The lowest BCUT2D eigenvalue weighted by atomic mass is 9.88. The molecule has 1 aliphatic heterocycles. The van der Waals surface area contributed by atoms with Gasteiger partial charge in [0.25, 0.3) is 0 Å². The van der Waals surface area contributed by atoms with Gasteiger partial charge in [-0.1, -0.05) is 26.8 Å². The van der Waals surface area contributed by atoms with Gasteiger partial charge in [0.15, 0.2) is 5.88 Å². The summed E-state index contributed by atoms with van der Waals surface area (Å²) in [6.45, 7) is 7.45. The molecule has 0 saturated carbocycles. The Labute approximate surface area is 105 Å². The molecular weight excluding hydrogens is 301 g/mol.